The van der Waals surface area contributed by atoms with Crippen LogP contribution in [-0.2, 0) is 25.0 Å². The Morgan fingerprint density at radius 3 is 2.21 bits per heavy atom. The summed E-state index contributed by atoms with van der Waals surface area (Å²) in [4.78, 5) is 14.2. The summed E-state index contributed by atoms with van der Waals surface area (Å²) in [5, 5.41) is 6.61. The third-order valence-electron chi connectivity index (χ3n) is 5.81. The van der Waals surface area contributed by atoms with Crippen molar-refractivity contribution in [1.82, 2.24) is 25.4 Å². The lowest BCUT2D eigenvalue weighted by atomic mass is 9.94. The summed E-state index contributed by atoms with van der Waals surface area (Å²) in [7, 11) is 0. The predicted molar refractivity (Wildman–Crippen MR) is 146 cm³/mol. The molecule has 1 aromatic heterocycles. The molecule has 0 saturated carbocycles. The maximum Gasteiger partial charge on any atom is 0.213 e. The van der Waals surface area contributed by atoms with Crippen LogP contribution in [0.25, 0.3) is 0 Å². The van der Waals surface area contributed by atoms with Gasteiger partial charge in [0.1, 0.15) is 5.76 Å². The summed E-state index contributed by atoms with van der Waals surface area (Å²) in [6.07, 6.45) is 1.81. The van der Waals surface area contributed by atoms with Crippen molar-refractivity contribution in [3.05, 3.63) is 53.2 Å². The van der Waals surface area contributed by atoms with E-state index in [0.717, 1.165) is 44.4 Å². The minimum Gasteiger partial charge on any atom is -0.443 e. The van der Waals surface area contributed by atoms with E-state index in [4.69, 9.17) is 9.41 Å². The number of piperazine rings is 1. The molecule has 8 heteroatoms. The minimum absolute atomic E-state index is 0. The number of likely N-dealkylation sites (N-methyl/N-ethyl adjacent to an activating group) is 1. The van der Waals surface area contributed by atoms with Gasteiger partial charge in [0, 0.05) is 44.7 Å². The molecule has 184 valence electrons. The molecule has 0 radical (unpaired) electrons. The second kappa shape index (κ2) is 13.3. The summed E-state index contributed by atoms with van der Waals surface area (Å²) < 4.78 is 5.86. The Hall–Kier alpha value is -1.65. The van der Waals surface area contributed by atoms with Crippen molar-refractivity contribution in [2.75, 3.05) is 39.3 Å². The van der Waals surface area contributed by atoms with Gasteiger partial charge < -0.3 is 20.0 Å². The Morgan fingerprint density at radius 1 is 1.00 bits per heavy atom. The van der Waals surface area contributed by atoms with Gasteiger partial charge in [-0.05, 0) is 24.6 Å². The maximum atomic E-state index is 5.86. The molecule has 1 aliphatic heterocycles. The number of aromatic nitrogens is 1. The summed E-state index contributed by atoms with van der Waals surface area (Å²) in [5.74, 6) is 2.33. The molecule has 1 aromatic carbocycles. The van der Waals surface area contributed by atoms with Crippen molar-refractivity contribution < 1.29 is 4.42 Å². The van der Waals surface area contributed by atoms with Crippen LogP contribution in [0, 0.1) is 0 Å². The van der Waals surface area contributed by atoms with Crippen LogP contribution < -0.4 is 10.6 Å². The summed E-state index contributed by atoms with van der Waals surface area (Å²) in [5.41, 5.74) is 2.53. The van der Waals surface area contributed by atoms with Crippen molar-refractivity contribution in [3.63, 3.8) is 0 Å². The summed E-state index contributed by atoms with van der Waals surface area (Å²) in [6, 6.07) is 8.85. The number of nitrogens with one attached hydrogen (secondary N) is 2. The Labute approximate surface area is 216 Å². The number of hydrogen-bond acceptors (Lipinski definition) is 5. The number of guanidine groups is 1. The first-order valence-corrected chi connectivity index (χ1v) is 11.9. The standard InChI is InChI=1S/C25H40N6O.HI/c1-6-26-24(29-18-23-27-17-22(32-23)25(3,4)5)28-16-20-8-10-21(11-9-20)19-31-14-12-30(7-2)13-15-31;/h8-11,17H,6-7,12-16,18-19H2,1-5H3,(H2,26,28,29);1H. The average Bonchev–Trinajstić information content (AvgIpc) is 3.27. The van der Waals surface area contributed by atoms with E-state index in [9.17, 15) is 0 Å². The molecular weight excluding hydrogens is 527 g/mol. The van der Waals surface area contributed by atoms with Crippen molar-refractivity contribution in [2.45, 2.75) is 59.7 Å². The van der Waals surface area contributed by atoms with E-state index >= 15 is 0 Å². The highest BCUT2D eigenvalue weighted by Gasteiger charge is 2.19. The van der Waals surface area contributed by atoms with E-state index in [2.05, 4.69) is 84.3 Å². The molecule has 1 saturated heterocycles. The van der Waals surface area contributed by atoms with Crippen LogP contribution in [-0.4, -0.2) is 60.0 Å². The van der Waals surface area contributed by atoms with E-state index in [-0.39, 0.29) is 29.4 Å². The molecule has 2 aromatic rings. The van der Waals surface area contributed by atoms with Crippen molar-refractivity contribution in [1.29, 1.82) is 0 Å². The van der Waals surface area contributed by atoms with Crippen LogP contribution in [0.1, 0.15) is 57.4 Å². The number of benzene rings is 1. The number of oxazole rings is 1. The lowest BCUT2D eigenvalue weighted by Crippen LogP contribution is -2.45. The first-order chi connectivity index (χ1) is 15.4. The van der Waals surface area contributed by atoms with E-state index in [1.54, 1.807) is 0 Å². The quantitative estimate of drug-likeness (QED) is 0.285. The van der Waals surface area contributed by atoms with Gasteiger partial charge in [-0.1, -0.05) is 52.0 Å². The number of halogens is 1. The Morgan fingerprint density at radius 2 is 1.64 bits per heavy atom. The molecule has 0 unspecified atom stereocenters. The average molecular weight is 569 g/mol. The number of aliphatic imine (C=N–C) groups is 1. The molecule has 0 aliphatic carbocycles. The van der Waals surface area contributed by atoms with Crippen LogP contribution in [0.3, 0.4) is 0 Å². The molecule has 0 bridgehead atoms. The van der Waals surface area contributed by atoms with Crippen molar-refractivity contribution in [2.24, 2.45) is 4.99 Å². The second-order valence-corrected chi connectivity index (χ2v) is 9.44. The Bertz CT molecular complexity index is 851. The second-order valence-electron chi connectivity index (χ2n) is 9.44. The van der Waals surface area contributed by atoms with E-state index in [1.165, 1.54) is 24.2 Å². The largest absolute Gasteiger partial charge is 0.443 e. The molecule has 3 rings (SSSR count). The topological polar surface area (TPSA) is 68.9 Å². The van der Waals surface area contributed by atoms with Crippen molar-refractivity contribution >= 4 is 29.9 Å². The number of rotatable bonds is 8. The van der Waals surface area contributed by atoms with Gasteiger partial charge in [-0.3, -0.25) is 4.90 Å². The zero-order chi connectivity index (χ0) is 23.0. The normalized spacial score (nSPS) is 15.8. The SMILES string of the molecule is CCNC(=NCc1ccc(CN2CCN(CC)CC2)cc1)NCc1ncc(C(C)(C)C)o1.I. The highest BCUT2D eigenvalue weighted by atomic mass is 127. The molecule has 2 heterocycles. The fourth-order valence-electron chi connectivity index (χ4n) is 3.68. The van der Waals surface area contributed by atoms with Crippen LogP contribution in [0.15, 0.2) is 39.9 Å². The fourth-order valence-corrected chi connectivity index (χ4v) is 3.68. The van der Waals surface area contributed by atoms with E-state index < -0.39 is 0 Å². The molecule has 0 spiro atoms. The van der Waals surface area contributed by atoms with Crippen LogP contribution in [0.4, 0.5) is 0 Å². The molecule has 1 fully saturated rings. The van der Waals surface area contributed by atoms with Gasteiger partial charge in [-0.15, -0.1) is 24.0 Å². The van der Waals surface area contributed by atoms with E-state index in [0.29, 0.717) is 19.0 Å². The van der Waals surface area contributed by atoms with Gasteiger partial charge in [-0.25, -0.2) is 9.98 Å². The van der Waals surface area contributed by atoms with E-state index in [1.807, 2.05) is 6.20 Å². The van der Waals surface area contributed by atoms with Gasteiger partial charge in [-0.2, -0.15) is 0 Å². The van der Waals surface area contributed by atoms with Gasteiger partial charge in [0.15, 0.2) is 5.96 Å². The number of nitrogens with zero attached hydrogens (tertiary/aromatic N) is 4. The third-order valence-corrected chi connectivity index (χ3v) is 5.81. The Kier molecular flexibility index (Phi) is 11.1. The summed E-state index contributed by atoms with van der Waals surface area (Å²) >= 11 is 0. The molecule has 2 N–H and O–H groups in total. The monoisotopic (exact) mass is 568 g/mol. The molecular formula is C25H41IN6O. The zero-order valence-electron chi connectivity index (χ0n) is 20.9. The van der Waals surface area contributed by atoms with Gasteiger partial charge >= 0.3 is 0 Å². The van der Waals surface area contributed by atoms with Gasteiger partial charge in [0.25, 0.3) is 0 Å². The Balaban J connectivity index is 0.00000385. The third kappa shape index (κ3) is 8.90. The highest BCUT2D eigenvalue weighted by Crippen LogP contribution is 2.22. The molecule has 0 amide bonds. The summed E-state index contributed by atoms with van der Waals surface area (Å²) in [6.45, 7) is 19.4. The zero-order valence-corrected chi connectivity index (χ0v) is 23.2. The fraction of sp³-hybridized carbons (Fsp3) is 0.600. The van der Waals surface area contributed by atoms with Crippen LogP contribution in [0.2, 0.25) is 0 Å². The van der Waals surface area contributed by atoms with Crippen LogP contribution in [0.5, 0.6) is 0 Å². The molecule has 33 heavy (non-hydrogen) atoms. The lowest BCUT2D eigenvalue weighted by Gasteiger charge is -2.34. The lowest BCUT2D eigenvalue weighted by molar-refractivity contribution is 0.132. The number of hydrogen-bond donors (Lipinski definition) is 2. The first-order valence-electron chi connectivity index (χ1n) is 11.9. The van der Waals surface area contributed by atoms with Gasteiger partial charge in [0.2, 0.25) is 5.89 Å². The maximum absolute atomic E-state index is 5.86. The first kappa shape index (κ1) is 27.6. The molecule has 1 aliphatic rings. The minimum atomic E-state index is -0.0418. The molecule has 0 atom stereocenters. The smallest absolute Gasteiger partial charge is 0.213 e. The predicted octanol–water partition coefficient (Wildman–Crippen LogP) is 3.98. The van der Waals surface area contributed by atoms with Crippen LogP contribution >= 0.6 is 24.0 Å². The molecule has 7 nitrogen and oxygen atoms in total. The van der Waals surface area contributed by atoms with Gasteiger partial charge in [0.05, 0.1) is 19.3 Å². The highest BCUT2D eigenvalue weighted by molar-refractivity contribution is 14.0. The van der Waals surface area contributed by atoms with Crippen molar-refractivity contribution in [3.8, 4) is 0 Å².